The number of rotatable bonds is 6. The third-order valence-corrected chi connectivity index (χ3v) is 6.30. The van der Waals surface area contributed by atoms with Gasteiger partial charge in [0, 0.05) is 11.4 Å². The number of carbonyl (C=O) groups excluding carboxylic acids is 3. The average molecular weight is 503 g/mol. The smallest absolute Gasteiger partial charge is 0.335 e. The molecule has 1 fully saturated rings. The Hall–Kier alpha value is -3.90. The lowest BCUT2D eigenvalue weighted by Gasteiger charge is -2.26. The molecule has 7 heteroatoms. The van der Waals surface area contributed by atoms with E-state index in [-0.39, 0.29) is 11.3 Å². The second-order valence-corrected chi connectivity index (χ2v) is 9.27. The number of amides is 4. The SMILES string of the molecule is CCOc1cc(/C=C2\C(=O)NC(=O)N(c3ccc(C)c(Cl)c3)C2=O)ccc1Cc1cc(C)cc(C)c1. The Balaban J connectivity index is 1.68. The molecule has 1 aliphatic rings. The minimum atomic E-state index is -0.819. The number of nitrogens with zero attached hydrogens (tertiary/aromatic N) is 1. The van der Waals surface area contributed by atoms with Crippen LogP contribution >= 0.6 is 11.6 Å². The maximum absolute atomic E-state index is 13.2. The van der Waals surface area contributed by atoms with E-state index >= 15 is 0 Å². The first kappa shape index (κ1) is 25.2. The summed E-state index contributed by atoms with van der Waals surface area (Å²) in [5.74, 6) is -0.800. The molecule has 4 amide bonds. The summed E-state index contributed by atoms with van der Waals surface area (Å²) in [7, 11) is 0. The molecule has 6 nitrogen and oxygen atoms in total. The molecule has 0 atom stereocenters. The van der Waals surface area contributed by atoms with E-state index in [0.29, 0.717) is 29.4 Å². The highest BCUT2D eigenvalue weighted by molar-refractivity contribution is 6.39. The van der Waals surface area contributed by atoms with Crippen molar-refractivity contribution in [2.45, 2.75) is 34.1 Å². The number of benzene rings is 3. The average Bonchev–Trinajstić information content (AvgIpc) is 2.80. The van der Waals surface area contributed by atoms with Crippen LogP contribution in [0.25, 0.3) is 6.08 Å². The van der Waals surface area contributed by atoms with Gasteiger partial charge in [-0.25, -0.2) is 9.69 Å². The number of anilines is 1. The van der Waals surface area contributed by atoms with Crippen LogP contribution in [0.1, 0.15) is 40.3 Å². The topological polar surface area (TPSA) is 75.7 Å². The van der Waals surface area contributed by atoms with Crippen LogP contribution in [0.4, 0.5) is 10.5 Å². The summed E-state index contributed by atoms with van der Waals surface area (Å²) in [5.41, 5.74) is 6.10. The number of carbonyl (C=O) groups is 3. The van der Waals surface area contributed by atoms with E-state index in [1.54, 1.807) is 18.2 Å². The summed E-state index contributed by atoms with van der Waals surface area (Å²) in [5, 5.41) is 2.65. The Morgan fingerprint density at radius 3 is 2.33 bits per heavy atom. The Morgan fingerprint density at radius 2 is 1.67 bits per heavy atom. The van der Waals surface area contributed by atoms with Crippen LogP contribution in [0.3, 0.4) is 0 Å². The van der Waals surface area contributed by atoms with Crippen LogP contribution < -0.4 is 15.0 Å². The van der Waals surface area contributed by atoms with Crippen molar-refractivity contribution in [2.24, 2.45) is 0 Å². The van der Waals surface area contributed by atoms with Crippen LogP contribution in [0.5, 0.6) is 5.75 Å². The summed E-state index contributed by atoms with van der Waals surface area (Å²) in [4.78, 5) is 39.2. The molecule has 1 aliphatic heterocycles. The van der Waals surface area contributed by atoms with Gasteiger partial charge >= 0.3 is 6.03 Å². The standard InChI is InChI=1S/C29H27ClN2O4/c1-5-36-26-15-20(7-8-22(26)13-21-11-17(2)10-18(3)12-21)14-24-27(33)31-29(35)32(28(24)34)23-9-6-19(4)25(30)16-23/h6-12,14-16H,5,13H2,1-4H3,(H,31,33,35)/b24-14+. The summed E-state index contributed by atoms with van der Waals surface area (Å²) >= 11 is 6.20. The van der Waals surface area contributed by atoms with Gasteiger partial charge in [-0.3, -0.25) is 14.9 Å². The lowest BCUT2D eigenvalue weighted by Crippen LogP contribution is -2.54. The van der Waals surface area contributed by atoms with Crippen molar-refractivity contribution in [3.8, 4) is 5.75 Å². The Labute approximate surface area is 215 Å². The molecule has 3 aromatic carbocycles. The molecule has 1 heterocycles. The zero-order valence-electron chi connectivity index (χ0n) is 20.6. The lowest BCUT2D eigenvalue weighted by molar-refractivity contribution is -0.122. The van der Waals surface area contributed by atoms with Gasteiger partial charge in [-0.1, -0.05) is 59.1 Å². The predicted octanol–water partition coefficient (Wildman–Crippen LogP) is 5.92. The number of aryl methyl sites for hydroxylation is 3. The van der Waals surface area contributed by atoms with E-state index in [9.17, 15) is 14.4 Å². The van der Waals surface area contributed by atoms with E-state index in [2.05, 4.69) is 37.4 Å². The molecule has 184 valence electrons. The van der Waals surface area contributed by atoms with Crippen molar-refractivity contribution in [3.63, 3.8) is 0 Å². The zero-order chi connectivity index (χ0) is 26.0. The molecule has 1 saturated heterocycles. The van der Waals surface area contributed by atoms with Crippen LogP contribution in [0.2, 0.25) is 5.02 Å². The summed E-state index contributed by atoms with van der Waals surface area (Å²) < 4.78 is 5.89. The number of hydrogen-bond donors (Lipinski definition) is 1. The Kier molecular flexibility index (Phi) is 7.27. The number of urea groups is 1. The highest BCUT2D eigenvalue weighted by atomic mass is 35.5. The number of barbiturate groups is 1. The quantitative estimate of drug-likeness (QED) is 0.335. The molecule has 0 saturated carbocycles. The van der Waals surface area contributed by atoms with Gasteiger partial charge in [-0.05, 0) is 74.2 Å². The molecule has 36 heavy (non-hydrogen) atoms. The van der Waals surface area contributed by atoms with Gasteiger partial charge in [-0.2, -0.15) is 0 Å². The van der Waals surface area contributed by atoms with E-state index in [1.165, 1.54) is 28.8 Å². The summed E-state index contributed by atoms with van der Waals surface area (Å²) in [6.07, 6.45) is 2.15. The molecule has 0 radical (unpaired) electrons. The van der Waals surface area contributed by atoms with Gasteiger partial charge in [0.1, 0.15) is 11.3 Å². The van der Waals surface area contributed by atoms with Crippen molar-refractivity contribution >= 4 is 41.2 Å². The third kappa shape index (κ3) is 5.34. The molecule has 4 rings (SSSR count). The van der Waals surface area contributed by atoms with Gasteiger partial charge < -0.3 is 4.74 Å². The van der Waals surface area contributed by atoms with Crippen molar-refractivity contribution in [1.82, 2.24) is 5.32 Å². The highest BCUT2D eigenvalue weighted by Gasteiger charge is 2.37. The van der Waals surface area contributed by atoms with E-state index in [1.807, 2.05) is 26.0 Å². The maximum atomic E-state index is 13.2. The molecule has 0 aliphatic carbocycles. The lowest BCUT2D eigenvalue weighted by atomic mass is 9.98. The molecule has 0 spiro atoms. The third-order valence-electron chi connectivity index (χ3n) is 5.89. The van der Waals surface area contributed by atoms with Crippen molar-refractivity contribution in [2.75, 3.05) is 11.5 Å². The molecular formula is C29H27ClN2O4. The Bertz CT molecular complexity index is 1390. The predicted molar refractivity (Wildman–Crippen MR) is 142 cm³/mol. The minimum Gasteiger partial charge on any atom is -0.494 e. The second-order valence-electron chi connectivity index (χ2n) is 8.86. The zero-order valence-corrected chi connectivity index (χ0v) is 21.4. The number of halogens is 1. The number of hydrogen-bond acceptors (Lipinski definition) is 4. The van der Waals surface area contributed by atoms with Crippen LogP contribution in [-0.2, 0) is 16.0 Å². The first-order valence-electron chi connectivity index (χ1n) is 11.7. The van der Waals surface area contributed by atoms with E-state index < -0.39 is 17.8 Å². The fraction of sp³-hybridized carbons (Fsp3) is 0.207. The fourth-order valence-electron chi connectivity index (χ4n) is 4.27. The number of nitrogens with one attached hydrogen (secondary N) is 1. The second kappa shape index (κ2) is 10.4. The molecule has 1 N–H and O–H groups in total. The minimum absolute atomic E-state index is 0.157. The largest absolute Gasteiger partial charge is 0.494 e. The molecule has 0 aromatic heterocycles. The van der Waals surface area contributed by atoms with Crippen molar-refractivity contribution in [1.29, 1.82) is 0 Å². The monoisotopic (exact) mass is 502 g/mol. The number of ether oxygens (including phenoxy) is 1. The first-order chi connectivity index (χ1) is 17.2. The van der Waals surface area contributed by atoms with E-state index in [0.717, 1.165) is 16.0 Å². The van der Waals surface area contributed by atoms with Gasteiger partial charge in [0.2, 0.25) is 0 Å². The summed E-state index contributed by atoms with van der Waals surface area (Å²) in [6.45, 7) is 8.33. The molecular weight excluding hydrogens is 476 g/mol. The van der Waals surface area contributed by atoms with Crippen LogP contribution in [0.15, 0.2) is 60.2 Å². The highest BCUT2D eigenvalue weighted by Crippen LogP contribution is 2.29. The fourth-order valence-corrected chi connectivity index (χ4v) is 4.44. The number of imide groups is 2. The van der Waals surface area contributed by atoms with Gasteiger partial charge in [0.05, 0.1) is 12.3 Å². The summed E-state index contributed by atoms with van der Waals surface area (Å²) in [6, 6.07) is 16.0. The van der Waals surface area contributed by atoms with Crippen LogP contribution in [0, 0.1) is 20.8 Å². The van der Waals surface area contributed by atoms with Crippen LogP contribution in [-0.4, -0.2) is 24.5 Å². The van der Waals surface area contributed by atoms with Gasteiger partial charge in [0.15, 0.2) is 0 Å². The van der Waals surface area contributed by atoms with E-state index in [4.69, 9.17) is 16.3 Å². The molecule has 3 aromatic rings. The molecule has 0 unspecified atom stereocenters. The van der Waals surface area contributed by atoms with Crippen molar-refractivity contribution in [3.05, 3.63) is 98.6 Å². The molecule has 0 bridgehead atoms. The Morgan fingerprint density at radius 1 is 0.944 bits per heavy atom. The normalized spacial score (nSPS) is 14.9. The van der Waals surface area contributed by atoms with Gasteiger partial charge in [-0.15, -0.1) is 0 Å². The van der Waals surface area contributed by atoms with Gasteiger partial charge in [0.25, 0.3) is 11.8 Å². The first-order valence-corrected chi connectivity index (χ1v) is 12.0. The maximum Gasteiger partial charge on any atom is 0.335 e. The van der Waals surface area contributed by atoms with Crippen molar-refractivity contribution < 1.29 is 19.1 Å².